The molecule has 1 N–H and O–H groups in total. The van der Waals surface area contributed by atoms with Crippen LogP contribution in [0, 0.1) is 0 Å². The lowest BCUT2D eigenvalue weighted by Crippen LogP contribution is -2.33. The van der Waals surface area contributed by atoms with Gasteiger partial charge in [0.1, 0.15) is 5.75 Å². The quantitative estimate of drug-likeness (QED) is 0.746. The van der Waals surface area contributed by atoms with Crippen LogP contribution in [0.1, 0.15) is 30.6 Å². The first kappa shape index (κ1) is 18.8. The van der Waals surface area contributed by atoms with Crippen LogP contribution in [0.15, 0.2) is 48.5 Å². The van der Waals surface area contributed by atoms with Crippen LogP contribution in [0.3, 0.4) is 0 Å². The van der Waals surface area contributed by atoms with Crippen LogP contribution >= 0.6 is 11.6 Å². The molecule has 0 saturated heterocycles. The molecule has 0 aromatic heterocycles. The van der Waals surface area contributed by atoms with Crippen LogP contribution in [0.4, 0.5) is 5.69 Å². The van der Waals surface area contributed by atoms with Crippen molar-refractivity contribution < 1.29 is 19.1 Å². The van der Waals surface area contributed by atoms with Gasteiger partial charge in [0.05, 0.1) is 22.9 Å². The minimum Gasteiger partial charge on any atom is -0.479 e. The summed E-state index contributed by atoms with van der Waals surface area (Å²) in [4.78, 5) is 24.6. The van der Waals surface area contributed by atoms with E-state index in [1.807, 2.05) is 6.92 Å². The first-order valence-electron chi connectivity index (χ1n) is 8.05. The SMILES string of the molecule is CCOC(=O)c1ccccc1NC(=O)[C@H](CC)Oc1ccccc1Cl. The summed E-state index contributed by atoms with van der Waals surface area (Å²) in [5, 5.41) is 3.16. The number of carbonyl (C=O) groups excluding carboxylic acids is 2. The van der Waals surface area contributed by atoms with Gasteiger partial charge < -0.3 is 14.8 Å². The zero-order valence-electron chi connectivity index (χ0n) is 14.1. The summed E-state index contributed by atoms with van der Waals surface area (Å²) in [6, 6.07) is 13.6. The molecule has 6 heteroatoms. The summed E-state index contributed by atoms with van der Waals surface area (Å²) < 4.78 is 10.7. The van der Waals surface area contributed by atoms with Crippen molar-refractivity contribution in [3.8, 4) is 5.75 Å². The molecule has 0 aliphatic carbocycles. The van der Waals surface area contributed by atoms with Crippen LogP contribution in [0.2, 0.25) is 5.02 Å². The maximum absolute atomic E-state index is 12.6. The number of halogens is 1. The summed E-state index contributed by atoms with van der Waals surface area (Å²) in [5.74, 6) is -0.414. The molecule has 1 amide bonds. The number of amides is 1. The fourth-order valence-electron chi connectivity index (χ4n) is 2.21. The number of carbonyl (C=O) groups is 2. The van der Waals surface area contributed by atoms with E-state index in [1.165, 1.54) is 0 Å². The van der Waals surface area contributed by atoms with Crippen LogP contribution < -0.4 is 10.1 Å². The number of hydrogen-bond acceptors (Lipinski definition) is 4. The third-order valence-corrected chi connectivity index (χ3v) is 3.76. The van der Waals surface area contributed by atoms with E-state index in [1.54, 1.807) is 55.5 Å². The van der Waals surface area contributed by atoms with Crippen LogP contribution in [-0.4, -0.2) is 24.6 Å². The van der Waals surface area contributed by atoms with Crippen molar-refractivity contribution in [3.05, 3.63) is 59.1 Å². The molecule has 0 radical (unpaired) electrons. The third kappa shape index (κ3) is 4.97. The highest BCUT2D eigenvalue weighted by molar-refractivity contribution is 6.32. The smallest absolute Gasteiger partial charge is 0.340 e. The molecule has 0 bridgehead atoms. The van der Waals surface area contributed by atoms with Gasteiger partial charge in [-0.3, -0.25) is 4.79 Å². The molecular weight excluding hydrogens is 342 g/mol. The van der Waals surface area contributed by atoms with Crippen molar-refractivity contribution in [2.75, 3.05) is 11.9 Å². The Labute approximate surface area is 151 Å². The molecule has 2 aromatic rings. The van der Waals surface area contributed by atoms with Gasteiger partial charge in [0, 0.05) is 0 Å². The molecule has 25 heavy (non-hydrogen) atoms. The first-order chi connectivity index (χ1) is 12.1. The van der Waals surface area contributed by atoms with Gasteiger partial charge in [-0.25, -0.2) is 4.79 Å². The van der Waals surface area contributed by atoms with E-state index in [0.29, 0.717) is 28.4 Å². The summed E-state index contributed by atoms with van der Waals surface area (Å²) in [6.45, 7) is 3.82. The van der Waals surface area contributed by atoms with Crippen molar-refractivity contribution in [3.63, 3.8) is 0 Å². The topological polar surface area (TPSA) is 64.6 Å². The summed E-state index contributed by atoms with van der Waals surface area (Å²) in [7, 11) is 0. The second-order valence-electron chi connectivity index (χ2n) is 5.20. The highest BCUT2D eigenvalue weighted by Gasteiger charge is 2.22. The monoisotopic (exact) mass is 361 g/mol. The molecule has 0 saturated carbocycles. The van der Waals surface area contributed by atoms with Gasteiger partial charge in [-0.2, -0.15) is 0 Å². The molecule has 0 heterocycles. The van der Waals surface area contributed by atoms with Crippen LogP contribution in [-0.2, 0) is 9.53 Å². The second kappa shape index (κ2) is 9.08. The van der Waals surface area contributed by atoms with E-state index >= 15 is 0 Å². The number of para-hydroxylation sites is 2. The van der Waals surface area contributed by atoms with Gasteiger partial charge in [-0.15, -0.1) is 0 Å². The lowest BCUT2D eigenvalue weighted by molar-refractivity contribution is -0.122. The zero-order chi connectivity index (χ0) is 18.2. The van der Waals surface area contributed by atoms with Gasteiger partial charge in [0.15, 0.2) is 6.10 Å². The average Bonchev–Trinajstić information content (AvgIpc) is 2.61. The molecular formula is C19H20ClNO4. The fourth-order valence-corrected chi connectivity index (χ4v) is 2.39. The number of hydrogen-bond donors (Lipinski definition) is 1. The van der Waals surface area contributed by atoms with Crippen LogP contribution in [0.5, 0.6) is 5.75 Å². The molecule has 0 spiro atoms. The van der Waals surface area contributed by atoms with E-state index in [9.17, 15) is 9.59 Å². The normalized spacial score (nSPS) is 11.5. The standard InChI is InChI=1S/C19H20ClNO4/c1-3-16(25-17-12-8-6-10-14(17)20)18(22)21-15-11-7-5-9-13(15)19(23)24-4-2/h5-12,16H,3-4H2,1-2H3,(H,21,22)/t16-/m0/s1. The summed E-state index contributed by atoms with van der Waals surface area (Å²) >= 11 is 6.07. The molecule has 1 atom stereocenters. The highest BCUT2D eigenvalue weighted by atomic mass is 35.5. The largest absolute Gasteiger partial charge is 0.479 e. The number of anilines is 1. The van der Waals surface area contributed by atoms with Crippen molar-refractivity contribution in [2.24, 2.45) is 0 Å². The predicted octanol–water partition coefficient (Wildman–Crippen LogP) is 4.31. The number of benzene rings is 2. The molecule has 0 aliphatic heterocycles. The van der Waals surface area contributed by atoms with Gasteiger partial charge in [-0.1, -0.05) is 42.8 Å². The van der Waals surface area contributed by atoms with E-state index < -0.39 is 12.1 Å². The number of nitrogens with one attached hydrogen (secondary N) is 1. The van der Waals surface area contributed by atoms with E-state index in [0.717, 1.165) is 0 Å². The minimum atomic E-state index is -0.741. The van der Waals surface area contributed by atoms with E-state index in [4.69, 9.17) is 21.1 Å². The lowest BCUT2D eigenvalue weighted by Gasteiger charge is -2.19. The second-order valence-corrected chi connectivity index (χ2v) is 5.61. The molecule has 5 nitrogen and oxygen atoms in total. The minimum absolute atomic E-state index is 0.258. The molecule has 2 aromatic carbocycles. The van der Waals surface area contributed by atoms with Crippen molar-refractivity contribution in [1.82, 2.24) is 0 Å². The maximum Gasteiger partial charge on any atom is 0.340 e. The Morgan fingerprint density at radius 1 is 1.08 bits per heavy atom. The number of rotatable bonds is 7. The van der Waals surface area contributed by atoms with Gasteiger partial charge in [0.2, 0.25) is 0 Å². The summed E-state index contributed by atoms with van der Waals surface area (Å²) in [6.07, 6.45) is -0.298. The molecule has 0 fully saturated rings. The van der Waals surface area contributed by atoms with Gasteiger partial charge >= 0.3 is 5.97 Å². The third-order valence-electron chi connectivity index (χ3n) is 3.45. The molecule has 2 rings (SSSR count). The van der Waals surface area contributed by atoms with Crippen molar-refractivity contribution in [2.45, 2.75) is 26.4 Å². The summed E-state index contributed by atoms with van der Waals surface area (Å²) in [5.41, 5.74) is 0.678. The van der Waals surface area contributed by atoms with Gasteiger partial charge in [0.25, 0.3) is 5.91 Å². The number of ether oxygens (including phenoxy) is 2. The Morgan fingerprint density at radius 3 is 2.44 bits per heavy atom. The molecule has 0 aliphatic rings. The number of esters is 1. The zero-order valence-corrected chi connectivity index (χ0v) is 14.9. The Bertz CT molecular complexity index is 748. The van der Waals surface area contributed by atoms with Crippen molar-refractivity contribution in [1.29, 1.82) is 0 Å². The molecule has 0 unspecified atom stereocenters. The Balaban J connectivity index is 2.15. The van der Waals surface area contributed by atoms with E-state index in [-0.39, 0.29) is 12.5 Å². The maximum atomic E-state index is 12.6. The van der Waals surface area contributed by atoms with Crippen LogP contribution in [0.25, 0.3) is 0 Å². The first-order valence-corrected chi connectivity index (χ1v) is 8.42. The van der Waals surface area contributed by atoms with Crippen molar-refractivity contribution >= 4 is 29.2 Å². The Morgan fingerprint density at radius 2 is 1.76 bits per heavy atom. The Hall–Kier alpha value is -2.53. The molecule has 132 valence electrons. The lowest BCUT2D eigenvalue weighted by atomic mass is 10.1. The van der Waals surface area contributed by atoms with Gasteiger partial charge in [-0.05, 0) is 37.6 Å². The Kier molecular flexibility index (Phi) is 6.83. The highest BCUT2D eigenvalue weighted by Crippen LogP contribution is 2.25. The average molecular weight is 362 g/mol. The predicted molar refractivity (Wildman–Crippen MR) is 97.2 cm³/mol. The fraction of sp³-hybridized carbons (Fsp3) is 0.263. The van der Waals surface area contributed by atoms with E-state index in [2.05, 4.69) is 5.32 Å².